The normalized spacial score (nSPS) is 11.2. The van der Waals surface area contributed by atoms with E-state index in [0.29, 0.717) is 21.5 Å². The van der Waals surface area contributed by atoms with Crippen LogP contribution in [0.1, 0.15) is 48.6 Å². The highest BCUT2D eigenvalue weighted by molar-refractivity contribution is 7.17. The Kier molecular flexibility index (Phi) is 6.02. The second-order valence-electron chi connectivity index (χ2n) is 6.94. The van der Waals surface area contributed by atoms with Crippen molar-refractivity contribution in [3.05, 3.63) is 34.3 Å². The fourth-order valence-electron chi connectivity index (χ4n) is 2.42. The summed E-state index contributed by atoms with van der Waals surface area (Å²) in [5.41, 5.74) is 1.40. The highest BCUT2D eigenvalue weighted by Gasteiger charge is 2.21. The molecular formula is C19H24N2O4S. The van der Waals surface area contributed by atoms with E-state index in [4.69, 9.17) is 9.47 Å². The van der Waals surface area contributed by atoms with Crippen molar-refractivity contribution >= 4 is 28.2 Å². The number of nitrogens with one attached hydrogen (secondary N) is 1. The van der Waals surface area contributed by atoms with E-state index in [9.17, 15) is 9.59 Å². The molecule has 1 N–H and O–H groups in total. The fraction of sp³-hybridized carbons (Fsp3) is 0.421. The van der Waals surface area contributed by atoms with Crippen molar-refractivity contribution in [1.29, 1.82) is 0 Å². The molecule has 0 bridgehead atoms. The second kappa shape index (κ2) is 7.86. The number of carbonyl (C=O) groups excluding carboxylic acids is 2. The molecule has 1 heterocycles. The van der Waals surface area contributed by atoms with Gasteiger partial charge in [0, 0.05) is 12.5 Å². The number of aryl methyl sites for hydroxylation is 1. The van der Waals surface area contributed by atoms with Crippen LogP contribution in [0.3, 0.4) is 0 Å². The Morgan fingerprint density at radius 3 is 2.50 bits per heavy atom. The van der Waals surface area contributed by atoms with Gasteiger partial charge in [-0.05, 0) is 30.5 Å². The molecular weight excluding hydrogens is 352 g/mol. The third-order valence-electron chi connectivity index (χ3n) is 3.72. The maximum absolute atomic E-state index is 12.2. The molecule has 26 heavy (non-hydrogen) atoms. The molecule has 7 heteroatoms. The Balaban J connectivity index is 2.08. The van der Waals surface area contributed by atoms with Gasteiger partial charge in [-0.15, -0.1) is 0 Å². The van der Waals surface area contributed by atoms with Crippen molar-refractivity contribution < 1.29 is 19.1 Å². The molecule has 1 amide bonds. The number of carbonyl (C=O) groups is 2. The van der Waals surface area contributed by atoms with Gasteiger partial charge >= 0.3 is 0 Å². The molecule has 2 rings (SSSR count). The van der Waals surface area contributed by atoms with E-state index in [0.717, 1.165) is 11.3 Å². The second-order valence-corrected chi connectivity index (χ2v) is 7.94. The van der Waals surface area contributed by atoms with Crippen LogP contribution in [0.15, 0.2) is 18.2 Å². The summed E-state index contributed by atoms with van der Waals surface area (Å²) in [4.78, 5) is 28.4. The van der Waals surface area contributed by atoms with Crippen LogP contribution in [0.25, 0.3) is 0 Å². The van der Waals surface area contributed by atoms with Crippen LogP contribution in [0.4, 0.5) is 5.13 Å². The molecule has 0 saturated heterocycles. The van der Waals surface area contributed by atoms with Crippen LogP contribution in [-0.2, 0) is 10.2 Å². The number of benzene rings is 1. The molecule has 0 spiro atoms. The molecule has 0 unspecified atom stereocenters. The molecule has 2 aromatic rings. The van der Waals surface area contributed by atoms with Gasteiger partial charge in [0.1, 0.15) is 11.5 Å². The van der Waals surface area contributed by atoms with Gasteiger partial charge in [-0.1, -0.05) is 32.1 Å². The van der Waals surface area contributed by atoms with E-state index in [1.165, 1.54) is 18.3 Å². The number of aromatic nitrogens is 1. The van der Waals surface area contributed by atoms with Crippen LogP contribution in [0, 0.1) is 6.92 Å². The van der Waals surface area contributed by atoms with Crippen LogP contribution >= 0.6 is 11.3 Å². The van der Waals surface area contributed by atoms with Gasteiger partial charge in [0.2, 0.25) is 0 Å². The molecule has 1 aromatic carbocycles. The van der Waals surface area contributed by atoms with Crippen LogP contribution in [-0.4, -0.2) is 30.4 Å². The zero-order valence-corrected chi connectivity index (χ0v) is 16.7. The number of amides is 1. The summed E-state index contributed by atoms with van der Waals surface area (Å²) in [6.45, 7) is 9.27. The minimum Gasteiger partial charge on any atom is -0.497 e. The Morgan fingerprint density at radius 1 is 1.27 bits per heavy atom. The Labute approximate surface area is 157 Å². The van der Waals surface area contributed by atoms with Crippen molar-refractivity contribution in [3.63, 3.8) is 0 Å². The number of methoxy groups -OCH3 is 1. The van der Waals surface area contributed by atoms with Crippen molar-refractivity contribution in [1.82, 2.24) is 4.98 Å². The Hall–Kier alpha value is -2.41. The topological polar surface area (TPSA) is 77.5 Å². The zero-order chi connectivity index (χ0) is 19.5. The van der Waals surface area contributed by atoms with Gasteiger partial charge in [0.15, 0.2) is 17.5 Å². The minimum absolute atomic E-state index is 0.0650. The number of anilines is 1. The summed E-state index contributed by atoms with van der Waals surface area (Å²) in [5, 5.41) is 3.07. The molecule has 0 aliphatic heterocycles. The maximum atomic E-state index is 12.2. The van der Waals surface area contributed by atoms with Gasteiger partial charge in [-0.25, -0.2) is 4.98 Å². The van der Waals surface area contributed by atoms with Gasteiger partial charge in [-0.2, -0.15) is 0 Å². The number of ether oxygens (including phenoxy) is 2. The molecule has 6 nitrogen and oxygen atoms in total. The lowest BCUT2D eigenvalue weighted by molar-refractivity contribution is -0.118. The number of nitrogens with zero attached hydrogens (tertiary/aromatic N) is 1. The average molecular weight is 376 g/mol. The Bertz CT molecular complexity index is 821. The average Bonchev–Trinajstić information content (AvgIpc) is 2.92. The summed E-state index contributed by atoms with van der Waals surface area (Å²) in [7, 11) is 1.61. The summed E-state index contributed by atoms with van der Waals surface area (Å²) >= 11 is 1.17. The zero-order valence-electron chi connectivity index (χ0n) is 15.9. The third kappa shape index (κ3) is 4.82. The first kappa shape index (κ1) is 19.9. The molecule has 0 radical (unpaired) electrons. The number of hydrogen-bond acceptors (Lipinski definition) is 6. The predicted octanol–water partition coefficient (Wildman–Crippen LogP) is 3.98. The molecule has 0 saturated carbocycles. The first-order valence-corrected chi connectivity index (χ1v) is 9.03. The van der Waals surface area contributed by atoms with Gasteiger partial charge in [-0.3, -0.25) is 14.9 Å². The first-order chi connectivity index (χ1) is 12.1. The van der Waals surface area contributed by atoms with Crippen LogP contribution in [0.5, 0.6) is 11.5 Å². The Morgan fingerprint density at radius 2 is 1.96 bits per heavy atom. The van der Waals surface area contributed by atoms with Crippen molar-refractivity contribution in [2.75, 3.05) is 19.0 Å². The number of thiazole rings is 1. The molecule has 0 fully saturated rings. The highest BCUT2D eigenvalue weighted by Crippen LogP contribution is 2.34. The minimum atomic E-state index is -0.329. The smallest absolute Gasteiger partial charge is 0.264 e. The standard InChI is InChI=1S/C19H24N2O4S/c1-11-17(12(2)22)26-18(20-11)21-16(23)10-25-15-8-7-13(24-6)9-14(15)19(3,4)5/h7-9H,10H2,1-6H3,(H,20,21,23). The SMILES string of the molecule is COc1ccc(OCC(=O)Nc2nc(C)c(C(C)=O)s2)c(C(C)(C)C)c1. The lowest BCUT2D eigenvalue weighted by atomic mass is 9.86. The number of ketones is 1. The summed E-state index contributed by atoms with van der Waals surface area (Å²) in [5.74, 6) is 0.976. The third-order valence-corrected chi connectivity index (χ3v) is 4.89. The van der Waals surface area contributed by atoms with Crippen LogP contribution in [0.2, 0.25) is 0 Å². The molecule has 140 valence electrons. The lowest BCUT2D eigenvalue weighted by Gasteiger charge is -2.23. The summed E-state index contributed by atoms with van der Waals surface area (Å²) < 4.78 is 11.0. The monoisotopic (exact) mass is 376 g/mol. The molecule has 1 aromatic heterocycles. The van der Waals surface area contributed by atoms with Crippen molar-refractivity contribution in [2.45, 2.75) is 40.0 Å². The number of Topliss-reactive ketones (excluding diaryl/α,β-unsaturated/α-hetero) is 1. The lowest BCUT2D eigenvalue weighted by Crippen LogP contribution is -2.22. The molecule has 0 atom stereocenters. The number of rotatable bonds is 6. The van der Waals surface area contributed by atoms with Crippen molar-refractivity contribution in [3.8, 4) is 11.5 Å². The van der Waals surface area contributed by atoms with Crippen molar-refractivity contribution in [2.24, 2.45) is 0 Å². The summed E-state index contributed by atoms with van der Waals surface area (Å²) in [6.07, 6.45) is 0. The van der Waals surface area contributed by atoms with E-state index >= 15 is 0 Å². The van der Waals surface area contributed by atoms with E-state index in [2.05, 4.69) is 31.1 Å². The van der Waals surface area contributed by atoms with Gasteiger partial charge in [0.25, 0.3) is 5.91 Å². The van der Waals surface area contributed by atoms with E-state index < -0.39 is 0 Å². The quantitative estimate of drug-likeness (QED) is 0.772. The fourth-order valence-corrected chi connectivity index (χ4v) is 3.30. The predicted molar refractivity (Wildman–Crippen MR) is 103 cm³/mol. The van der Waals surface area contributed by atoms with Crippen LogP contribution < -0.4 is 14.8 Å². The first-order valence-electron chi connectivity index (χ1n) is 8.21. The van der Waals surface area contributed by atoms with Gasteiger partial charge < -0.3 is 9.47 Å². The summed E-state index contributed by atoms with van der Waals surface area (Å²) in [6, 6.07) is 5.51. The molecule has 0 aliphatic carbocycles. The highest BCUT2D eigenvalue weighted by atomic mass is 32.1. The van der Waals surface area contributed by atoms with E-state index in [1.807, 2.05) is 6.07 Å². The number of hydrogen-bond donors (Lipinski definition) is 1. The van der Waals surface area contributed by atoms with Gasteiger partial charge in [0.05, 0.1) is 17.7 Å². The maximum Gasteiger partial charge on any atom is 0.264 e. The van der Waals surface area contributed by atoms with E-state index in [1.54, 1.807) is 26.2 Å². The van der Waals surface area contributed by atoms with E-state index in [-0.39, 0.29) is 23.7 Å². The largest absolute Gasteiger partial charge is 0.497 e. The molecule has 0 aliphatic rings.